The third-order valence-corrected chi connectivity index (χ3v) is 36.5. The van der Waals surface area contributed by atoms with Crippen molar-refractivity contribution in [1.82, 2.24) is 0 Å². The molecule has 1 rings (SSSR count). The van der Waals surface area contributed by atoms with Gasteiger partial charge in [0.15, 0.2) is 0 Å². The normalized spacial score (nSPS) is 17.4. The van der Waals surface area contributed by atoms with E-state index in [9.17, 15) is 10.5 Å². The fourth-order valence-corrected chi connectivity index (χ4v) is 29.4. The summed E-state index contributed by atoms with van der Waals surface area (Å²) < 4.78 is 62.4. The third-order valence-electron chi connectivity index (χ3n) is 3.85. The zero-order valence-electron chi connectivity index (χ0n) is 16.2. The second-order valence-electron chi connectivity index (χ2n) is 7.92. The average Bonchev–Trinajstić information content (AvgIpc) is 3.00. The van der Waals surface area contributed by atoms with Gasteiger partial charge in [-0.3, -0.25) is 0 Å². The predicted molar refractivity (Wildman–Crippen MR) is 93.3 cm³/mol. The van der Waals surface area contributed by atoms with Gasteiger partial charge in [-0.25, -0.2) is 0 Å². The van der Waals surface area contributed by atoms with Gasteiger partial charge in [0.2, 0.25) is 0 Å². The zero-order chi connectivity index (χ0) is 19.3. The van der Waals surface area contributed by atoms with Crippen molar-refractivity contribution in [2.24, 2.45) is 17.8 Å². The van der Waals surface area contributed by atoms with Crippen molar-refractivity contribution in [3.8, 4) is 0 Å². The van der Waals surface area contributed by atoms with Gasteiger partial charge in [0.25, 0.3) is 0 Å². The summed E-state index contributed by atoms with van der Waals surface area (Å²) in [4.78, 5) is 0. The second-order valence-corrected chi connectivity index (χ2v) is 36.5. The van der Waals surface area contributed by atoms with Crippen LogP contribution in [-0.4, -0.2) is 30.7 Å². The van der Waals surface area contributed by atoms with Crippen LogP contribution in [0.5, 0.6) is 0 Å². The number of hydrogen-bond donors (Lipinski definition) is 0. The molecule has 0 N–H and O–H groups in total. The van der Waals surface area contributed by atoms with E-state index in [-0.39, 0.29) is 47.3 Å². The Morgan fingerprint density at radius 2 is 1.28 bits per heavy atom. The molecule has 0 aromatic carbocycles. The first kappa shape index (κ1) is 23.6. The van der Waals surface area contributed by atoms with Crippen LogP contribution >= 0.6 is 0 Å². The summed E-state index contributed by atoms with van der Waals surface area (Å²) in [6.07, 6.45) is 5.13. The van der Waals surface area contributed by atoms with Crippen molar-refractivity contribution in [3.63, 3.8) is 0 Å². The van der Waals surface area contributed by atoms with E-state index in [0.717, 1.165) is 0 Å². The molecule has 3 nitrogen and oxygen atoms in total. The van der Waals surface area contributed by atoms with E-state index >= 15 is 0 Å². The molecule has 0 saturated heterocycles. The number of allylic oxidation sites excluding steroid dienone is 4. The molecule has 0 aromatic heterocycles. The van der Waals surface area contributed by atoms with Gasteiger partial charge in [-0.2, -0.15) is 0 Å². The Morgan fingerprint density at radius 1 is 0.880 bits per heavy atom. The molecule has 0 aliphatic heterocycles. The van der Waals surface area contributed by atoms with Gasteiger partial charge in [-0.1, -0.05) is 0 Å². The van der Waals surface area contributed by atoms with E-state index < -0.39 is 28.5 Å². The molecule has 0 saturated carbocycles. The maximum atomic E-state index is 14.9. The Kier molecular flexibility index (Phi) is 8.67. The first-order valence-electron chi connectivity index (χ1n) is 8.95. The molecule has 0 bridgehead atoms. The molecule has 0 fully saturated rings. The molecule has 0 heterocycles. The molecular formula is C17H32F3GeO3Zr. The molecule has 147 valence electrons. The first-order valence-corrected chi connectivity index (χ1v) is 23.0. The molecule has 0 radical (unpaired) electrons. The summed E-state index contributed by atoms with van der Waals surface area (Å²) >= 11 is -6.49. The summed E-state index contributed by atoms with van der Waals surface area (Å²) in [6, 6.07) is 0. The molecule has 8 heteroatoms. The van der Waals surface area contributed by atoms with Crippen LogP contribution < -0.4 is 0 Å². The Morgan fingerprint density at radius 3 is 1.52 bits per heavy atom. The molecule has 0 aromatic rings. The molecule has 0 spiro atoms. The molecule has 0 atom stereocenters. The quantitative estimate of drug-likeness (QED) is 0.341. The Labute approximate surface area is 154 Å². The van der Waals surface area contributed by atoms with Crippen molar-refractivity contribution in [2.45, 2.75) is 48.0 Å². The monoisotopic (exact) mass is 505 g/mol. The molecule has 1 aliphatic rings. The van der Waals surface area contributed by atoms with Crippen LogP contribution in [0.4, 0.5) is 10.5 Å². The average molecular weight is 505 g/mol. The van der Waals surface area contributed by atoms with Crippen LogP contribution in [0.15, 0.2) is 21.5 Å². The number of rotatable bonds is 11. The van der Waals surface area contributed by atoms with Crippen molar-refractivity contribution >= 4 is 10.9 Å². The molecule has 25 heavy (non-hydrogen) atoms. The van der Waals surface area contributed by atoms with Crippen LogP contribution in [-0.2, 0) is 26.0 Å². The van der Waals surface area contributed by atoms with Crippen LogP contribution in [0.1, 0.15) is 48.0 Å². The van der Waals surface area contributed by atoms with Crippen LogP contribution in [0.2, 0.25) is 0 Å². The Hall–Kier alpha value is 0.576. The molecule has 1 aliphatic carbocycles. The summed E-state index contributed by atoms with van der Waals surface area (Å²) in [6.45, 7) is 11.1. The van der Waals surface area contributed by atoms with Crippen molar-refractivity contribution in [3.05, 3.63) is 21.5 Å². The van der Waals surface area contributed by atoms with E-state index in [1.165, 1.54) is 6.08 Å². The van der Waals surface area contributed by atoms with E-state index in [1.54, 1.807) is 12.2 Å². The topological polar surface area (TPSA) is 27.7 Å². The SMILES string of the molecule is CC(C)C[O][Zr]([O]CC(C)C)([O]CC(C)C)([C]1=CC=CC1)[Ge]([F])([F])[F]. The minimum absolute atomic E-state index is 0.00353. The Bertz CT molecular complexity index is 468. The fourth-order valence-electron chi connectivity index (χ4n) is 2.55. The Balaban J connectivity index is 3.51. The minimum atomic E-state index is -7.03. The van der Waals surface area contributed by atoms with Gasteiger partial charge in [0.05, 0.1) is 0 Å². The van der Waals surface area contributed by atoms with Gasteiger partial charge in [0.1, 0.15) is 0 Å². The van der Waals surface area contributed by atoms with Crippen LogP contribution in [0.3, 0.4) is 0 Å². The second kappa shape index (κ2) is 9.18. The first-order chi connectivity index (χ1) is 11.4. The van der Waals surface area contributed by atoms with Crippen molar-refractivity contribution < 1.29 is 36.5 Å². The van der Waals surface area contributed by atoms with Gasteiger partial charge in [0, 0.05) is 0 Å². The summed E-state index contributed by atoms with van der Waals surface area (Å²) in [5, 5.41) is 0. The van der Waals surface area contributed by atoms with E-state index in [1.807, 2.05) is 41.5 Å². The fraction of sp³-hybridized carbons (Fsp3) is 0.765. The third kappa shape index (κ3) is 5.31. The van der Waals surface area contributed by atoms with Crippen molar-refractivity contribution in [2.75, 3.05) is 19.8 Å². The van der Waals surface area contributed by atoms with E-state index in [2.05, 4.69) is 0 Å². The summed E-state index contributed by atoms with van der Waals surface area (Å²) in [5.41, 5.74) is 0. The maximum absolute atomic E-state index is 14.9. The van der Waals surface area contributed by atoms with Gasteiger partial charge < -0.3 is 0 Å². The van der Waals surface area contributed by atoms with Crippen LogP contribution in [0.25, 0.3) is 0 Å². The van der Waals surface area contributed by atoms with E-state index in [4.69, 9.17) is 8.44 Å². The zero-order valence-corrected chi connectivity index (χ0v) is 20.7. The predicted octanol–water partition coefficient (Wildman–Crippen LogP) is 5.63. The summed E-state index contributed by atoms with van der Waals surface area (Å²) in [5.74, 6) is -0.0892. The van der Waals surface area contributed by atoms with Crippen molar-refractivity contribution in [1.29, 1.82) is 0 Å². The van der Waals surface area contributed by atoms with Gasteiger partial charge in [-0.05, 0) is 0 Å². The molecule has 0 amide bonds. The van der Waals surface area contributed by atoms with Crippen LogP contribution in [0, 0.1) is 17.8 Å². The van der Waals surface area contributed by atoms with E-state index in [0.29, 0.717) is 0 Å². The van der Waals surface area contributed by atoms with Gasteiger partial charge in [-0.15, -0.1) is 0 Å². The summed E-state index contributed by atoms with van der Waals surface area (Å²) in [7, 11) is -7.03. The number of halogens is 3. The molecule has 0 unspecified atom stereocenters. The molecular weight excluding hydrogens is 473 g/mol. The van der Waals surface area contributed by atoms with Gasteiger partial charge >= 0.3 is 154 Å². The standard InChI is InChI=1S/C5H5.3C4H9O.F3Ge.Zr/c1-2-4-5-3-1;3*1-4(2)3-5;1-4(2)3;/h1-3H,4H2;3*4H,3H2,1-2H3;;/q;3*-1;;+3. The number of hydrogen-bond acceptors (Lipinski definition) is 3.